The number of carbonyl (C=O) groups is 1. The molecular formula is C17H22Br2N2O5S. The van der Waals surface area contributed by atoms with Crippen LogP contribution in [0.25, 0.3) is 0 Å². The van der Waals surface area contributed by atoms with Crippen LogP contribution in [0, 0.1) is 5.92 Å². The van der Waals surface area contributed by atoms with Gasteiger partial charge < -0.3 is 14.8 Å². The van der Waals surface area contributed by atoms with Crippen molar-refractivity contribution in [3.05, 3.63) is 21.1 Å². The number of hydrogen-bond donors (Lipinski definition) is 2. The van der Waals surface area contributed by atoms with Gasteiger partial charge in [-0.15, -0.1) is 0 Å². The van der Waals surface area contributed by atoms with E-state index in [0.29, 0.717) is 20.6 Å². The molecule has 1 aromatic carbocycles. The Bertz CT molecular complexity index is 829. The molecule has 10 heteroatoms. The molecule has 150 valence electrons. The van der Waals surface area contributed by atoms with Crippen molar-refractivity contribution in [3.63, 3.8) is 0 Å². The lowest BCUT2D eigenvalue weighted by molar-refractivity contribution is -0.134. The Kier molecular flexibility index (Phi) is 6.22. The minimum Gasteiger partial charge on any atom is -0.496 e. The first-order valence-electron chi connectivity index (χ1n) is 8.56. The second kappa shape index (κ2) is 7.98. The maximum Gasteiger partial charge on any atom is 0.242 e. The van der Waals surface area contributed by atoms with E-state index in [1.807, 2.05) is 0 Å². The lowest BCUT2D eigenvalue weighted by atomic mass is 9.50. The number of benzene rings is 1. The maximum absolute atomic E-state index is 12.9. The predicted octanol–water partition coefficient (Wildman–Crippen LogP) is 2.57. The molecule has 0 aromatic heterocycles. The normalized spacial score (nSPS) is 24.5. The molecule has 3 aliphatic rings. The van der Waals surface area contributed by atoms with Crippen LogP contribution in [0.2, 0.25) is 0 Å². The lowest BCUT2D eigenvalue weighted by Gasteiger charge is -2.62. The molecule has 1 atom stereocenters. The molecule has 0 spiro atoms. The Morgan fingerprint density at radius 1 is 1.26 bits per heavy atom. The number of ether oxygens (including phenoxy) is 2. The summed E-state index contributed by atoms with van der Waals surface area (Å²) in [5.74, 6) is 0.782. The van der Waals surface area contributed by atoms with Crippen molar-refractivity contribution in [2.24, 2.45) is 5.92 Å². The van der Waals surface area contributed by atoms with E-state index in [4.69, 9.17) is 9.47 Å². The van der Waals surface area contributed by atoms with Gasteiger partial charge in [0.25, 0.3) is 0 Å². The molecule has 3 saturated carbocycles. The van der Waals surface area contributed by atoms with Crippen molar-refractivity contribution >= 4 is 47.8 Å². The van der Waals surface area contributed by atoms with Gasteiger partial charge in [-0.2, -0.15) is 4.72 Å². The number of hydrogen-bond acceptors (Lipinski definition) is 5. The summed E-state index contributed by atoms with van der Waals surface area (Å²) >= 11 is 6.59. The smallest absolute Gasteiger partial charge is 0.242 e. The average molecular weight is 526 g/mol. The molecule has 0 unspecified atom stereocenters. The Labute approximate surface area is 175 Å². The summed E-state index contributed by atoms with van der Waals surface area (Å²) in [6, 6.07) is 2.09. The fourth-order valence-electron chi connectivity index (χ4n) is 3.58. The average Bonchev–Trinajstić information content (AvgIpc) is 2.53. The van der Waals surface area contributed by atoms with Gasteiger partial charge in [0, 0.05) is 29.8 Å². The molecule has 27 heavy (non-hydrogen) atoms. The van der Waals surface area contributed by atoms with Gasteiger partial charge in [-0.25, -0.2) is 8.42 Å². The minimum atomic E-state index is -3.96. The third-order valence-corrected chi connectivity index (χ3v) is 8.20. The molecule has 2 bridgehead atoms. The zero-order chi connectivity index (χ0) is 19.8. The van der Waals surface area contributed by atoms with Gasteiger partial charge in [-0.1, -0.05) is 0 Å². The van der Waals surface area contributed by atoms with E-state index >= 15 is 0 Å². The highest BCUT2D eigenvalue weighted by atomic mass is 79.9. The highest BCUT2D eigenvalue weighted by Gasteiger charge is 2.57. The van der Waals surface area contributed by atoms with Crippen LogP contribution in [0.1, 0.15) is 25.7 Å². The fraction of sp³-hybridized carbons (Fsp3) is 0.588. The van der Waals surface area contributed by atoms with Crippen molar-refractivity contribution in [1.82, 2.24) is 10.0 Å². The van der Waals surface area contributed by atoms with Crippen molar-refractivity contribution in [2.75, 3.05) is 20.8 Å². The first-order chi connectivity index (χ1) is 12.7. The van der Waals surface area contributed by atoms with Crippen LogP contribution in [0.15, 0.2) is 26.0 Å². The summed E-state index contributed by atoms with van der Waals surface area (Å²) in [6.07, 6.45) is 3.19. The van der Waals surface area contributed by atoms with Crippen molar-refractivity contribution in [1.29, 1.82) is 0 Å². The molecular weight excluding hydrogens is 504 g/mol. The Morgan fingerprint density at radius 3 is 2.44 bits per heavy atom. The molecule has 0 radical (unpaired) electrons. The van der Waals surface area contributed by atoms with Gasteiger partial charge in [-0.05, 0) is 69.5 Å². The van der Waals surface area contributed by atoms with Gasteiger partial charge in [0.2, 0.25) is 15.9 Å². The Hall–Kier alpha value is -0.680. The van der Waals surface area contributed by atoms with Gasteiger partial charge >= 0.3 is 0 Å². The first-order valence-corrected chi connectivity index (χ1v) is 11.6. The lowest BCUT2D eigenvalue weighted by Crippen LogP contribution is -2.70. The van der Waals surface area contributed by atoms with Crippen molar-refractivity contribution < 1.29 is 22.7 Å². The third kappa shape index (κ3) is 4.34. The molecule has 1 aromatic rings. The molecule has 7 nitrogen and oxygen atoms in total. The second-order valence-electron chi connectivity index (χ2n) is 7.12. The number of halogens is 2. The van der Waals surface area contributed by atoms with Gasteiger partial charge in [0.05, 0.1) is 16.5 Å². The second-order valence-corrected chi connectivity index (χ2v) is 10.5. The molecule has 0 saturated heterocycles. The third-order valence-electron chi connectivity index (χ3n) is 5.15. The number of carbonyl (C=O) groups excluding carboxylic acids is 1. The van der Waals surface area contributed by atoms with Gasteiger partial charge in [0.1, 0.15) is 11.8 Å². The zero-order valence-electron chi connectivity index (χ0n) is 15.1. The van der Waals surface area contributed by atoms with Crippen molar-refractivity contribution in [3.8, 4) is 5.75 Å². The minimum absolute atomic E-state index is 0.00304. The number of rotatable bonds is 9. The van der Waals surface area contributed by atoms with Crippen LogP contribution in [0.4, 0.5) is 0 Å². The van der Waals surface area contributed by atoms with E-state index in [2.05, 4.69) is 41.9 Å². The van der Waals surface area contributed by atoms with Crippen LogP contribution in [0.3, 0.4) is 0 Å². The van der Waals surface area contributed by atoms with Gasteiger partial charge in [0.15, 0.2) is 0 Å². The SMILES string of the molecule is COCC[C@@H](NS(=O)(=O)c1cc(OC)c(Br)cc1Br)C(=O)NC12CC(C1)C2. The topological polar surface area (TPSA) is 93.7 Å². The van der Waals surface area contributed by atoms with Crippen LogP contribution in [-0.4, -0.2) is 46.7 Å². The van der Waals surface area contributed by atoms with E-state index in [-0.39, 0.29) is 29.4 Å². The molecule has 1 amide bonds. The Morgan fingerprint density at radius 2 is 1.93 bits per heavy atom. The monoisotopic (exact) mass is 524 g/mol. The van der Waals surface area contributed by atoms with E-state index < -0.39 is 16.1 Å². The summed E-state index contributed by atoms with van der Waals surface area (Å²) in [6.45, 7) is 0.265. The first kappa shape index (κ1) is 21.0. The molecule has 3 aliphatic carbocycles. The molecule has 2 N–H and O–H groups in total. The van der Waals surface area contributed by atoms with E-state index in [1.165, 1.54) is 20.3 Å². The Balaban J connectivity index is 1.79. The van der Waals surface area contributed by atoms with Crippen LogP contribution in [0.5, 0.6) is 5.75 Å². The quantitative estimate of drug-likeness (QED) is 0.516. The summed E-state index contributed by atoms with van der Waals surface area (Å²) in [5.41, 5.74) is -0.125. The highest BCUT2D eigenvalue weighted by molar-refractivity contribution is 9.11. The van der Waals surface area contributed by atoms with Crippen LogP contribution in [-0.2, 0) is 19.6 Å². The van der Waals surface area contributed by atoms with E-state index in [9.17, 15) is 13.2 Å². The summed E-state index contributed by atoms with van der Waals surface area (Å²) in [4.78, 5) is 12.7. The number of methoxy groups -OCH3 is 2. The summed E-state index contributed by atoms with van der Waals surface area (Å²) in [7, 11) is -0.991. The molecule has 0 aliphatic heterocycles. The molecule has 0 heterocycles. The number of amides is 1. The molecule has 4 rings (SSSR count). The summed E-state index contributed by atoms with van der Waals surface area (Å²) in [5, 5.41) is 3.02. The molecule has 3 fully saturated rings. The standard InChI is InChI=1S/C17H22Br2N2O5S/c1-25-4-3-13(16(22)20-17-7-10(8-17)9-17)21-27(23,24)15-6-14(26-2)11(18)5-12(15)19/h5-6,10,13,21H,3-4,7-9H2,1-2H3,(H,20,22)/t10?,13-,17?/m1/s1. The fourth-order valence-corrected chi connectivity index (χ4v) is 6.68. The number of nitrogens with one attached hydrogen (secondary N) is 2. The largest absolute Gasteiger partial charge is 0.496 e. The summed E-state index contributed by atoms with van der Waals surface area (Å²) < 4.78 is 39.6. The maximum atomic E-state index is 12.9. The zero-order valence-corrected chi connectivity index (χ0v) is 19.0. The van der Waals surface area contributed by atoms with E-state index in [1.54, 1.807) is 6.07 Å². The predicted molar refractivity (Wildman–Crippen MR) is 107 cm³/mol. The van der Waals surface area contributed by atoms with Crippen LogP contribution >= 0.6 is 31.9 Å². The van der Waals surface area contributed by atoms with Crippen LogP contribution < -0.4 is 14.8 Å². The van der Waals surface area contributed by atoms with Crippen molar-refractivity contribution in [2.45, 2.75) is 42.2 Å². The van der Waals surface area contributed by atoms with E-state index in [0.717, 1.165) is 19.3 Å². The number of sulfonamides is 1. The van der Waals surface area contributed by atoms with Gasteiger partial charge in [-0.3, -0.25) is 4.79 Å². The highest BCUT2D eigenvalue weighted by Crippen LogP contribution is 2.56.